The minimum atomic E-state index is 0.213. The third-order valence-electron chi connectivity index (χ3n) is 2.91. The third-order valence-corrected chi connectivity index (χ3v) is 3.60. The maximum atomic E-state index is 11.4. The monoisotopic (exact) mass is 241 g/mol. The first-order valence-electron chi connectivity index (χ1n) is 6.26. The number of hydrogen-bond donors (Lipinski definition) is 1. The molecule has 0 radical (unpaired) electrons. The largest absolute Gasteiger partial charge is 0.356 e. The zero-order chi connectivity index (χ0) is 11.6. The SMILES string of the molecule is CSCCCC(=O)NCCC1=CCCCC1. The van der Waals surface area contributed by atoms with Crippen molar-refractivity contribution in [2.45, 2.75) is 44.9 Å². The molecule has 0 saturated carbocycles. The second-order valence-electron chi connectivity index (χ2n) is 4.30. The van der Waals surface area contributed by atoms with Gasteiger partial charge in [-0.15, -0.1) is 0 Å². The molecule has 1 aliphatic rings. The average Bonchev–Trinajstić information content (AvgIpc) is 2.31. The molecule has 0 saturated heterocycles. The predicted molar refractivity (Wildman–Crippen MR) is 71.8 cm³/mol. The summed E-state index contributed by atoms with van der Waals surface area (Å²) in [4.78, 5) is 11.4. The molecule has 2 nitrogen and oxygen atoms in total. The van der Waals surface area contributed by atoms with Crippen molar-refractivity contribution in [3.05, 3.63) is 11.6 Å². The summed E-state index contributed by atoms with van der Waals surface area (Å²) < 4.78 is 0. The van der Waals surface area contributed by atoms with Gasteiger partial charge in [0.25, 0.3) is 0 Å². The molecular formula is C13H23NOS. The first-order valence-corrected chi connectivity index (χ1v) is 7.66. The van der Waals surface area contributed by atoms with E-state index >= 15 is 0 Å². The van der Waals surface area contributed by atoms with Crippen LogP contribution in [0.3, 0.4) is 0 Å². The molecule has 3 heteroatoms. The Bertz CT molecular complexity index is 238. The van der Waals surface area contributed by atoms with Crippen LogP contribution in [0.2, 0.25) is 0 Å². The van der Waals surface area contributed by atoms with Gasteiger partial charge in [0.15, 0.2) is 0 Å². The van der Waals surface area contributed by atoms with Crippen molar-refractivity contribution in [2.24, 2.45) is 0 Å². The highest BCUT2D eigenvalue weighted by Gasteiger charge is 2.04. The molecule has 16 heavy (non-hydrogen) atoms. The molecule has 0 unspecified atom stereocenters. The average molecular weight is 241 g/mol. The third kappa shape index (κ3) is 6.21. The summed E-state index contributed by atoms with van der Waals surface area (Å²) in [7, 11) is 0. The Balaban J connectivity index is 2.01. The molecule has 1 amide bonds. The van der Waals surface area contributed by atoms with Crippen LogP contribution in [-0.4, -0.2) is 24.5 Å². The van der Waals surface area contributed by atoms with E-state index < -0.39 is 0 Å². The van der Waals surface area contributed by atoms with Crippen LogP contribution in [0.5, 0.6) is 0 Å². The standard InChI is InChI=1S/C13H23NOS/c1-16-11-5-8-13(15)14-10-9-12-6-3-2-4-7-12/h6H,2-5,7-11H2,1H3,(H,14,15). The lowest BCUT2D eigenvalue weighted by Gasteiger charge is -2.12. The quantitative estimate of drug-likeness (QED) is 0.548. The Morgan fingerprint density at radius 3 is 3.06 bits per heavy atom. The molecule has 0 aromatic rings. The second kappa shape index (κ2) is 8.68. The van der Waals surface area contributed by atoms with Crippen molar-refractivity contribution in [3.8, 4) is 0 Å². The van der Waals surface area contributed by atoms with E-state index in [0.717, 1.165) is 25.1 Å². The molecule has 1 N–H and O–H groups in total. The smallest absolute Gasteiger partial charge is 0.220 e. The summed E-state index contributed by atoms with van der Waals surface area (Å²) in [5, 5.41) is 3.00. The van der Waals surface area contributed by atoms with Crippen LogP contribution < -0.4 is 5.32 Å². The van der Waals surface area contributed by atoms with Gasteiger partial charge < -0.3 is 5.32 Å². The molecule has 0 bridgehead atoms. The summed E-state index contributed by atoms with van der Waals surface area (Å²) in [6.45, 7) is 0.823. The summed E-state index contributed by atoms with van der Waals surface area (Å²) in [6.07, 6.45) is 12.3. The van der Waals surface area contributed by atoms with Crippen molar-refractivity contribution in [1.29, 1.82) is 0 Å². The Hall–Kier alpha value is -0.440. The highest BCUT2D eigenvalue weighted by Crippen LogP contribution is 2.19. The van der Waals surface area contributed by atoms with Crippen molar-refractivity contribution >= 4 is 17.7 Å². The van der Waals surface area contributed by atoms with Crippen LogP contribution in [-0.2, 0) is 4.79 Å². The van der Waals surface area contributed by atoms with Crippen molar-refractivity contribution in [1.82, 2.24) is 5.32 Å². The van der Waals surface area contributed by atoms with Crippen LogP contribution in [0.4, 0.5) is 0 Å². The van der Waals surface area contributed by atoms with E-state index in [1.165, 1.54) is 31.3 Å². The van der Waals surface area contributed by atoms with Gasteiger partial charge in [-0.25, -0.2) is 0 Å². The molecule has 0 aromatic heterocycles. The number of amides is 1. The molecule has 0 atom stereocenters. The van der Waals surface area contributed by atoms with Crippen LogP contribution in [0.15, 0.2) is 11.6 Å². The molecule has 0 aromatic carbocycles. The van der Waals surface area contributed by atoms with E-state index in [9.17, 15) is 4.79 Å². The number of carbonyl (C=O) groups excluding carboxylic acids is 1. The highest BCUT2D eigenvalue weighted by atomic mass is 32.2. The number of thioether (sulfide) groups is 1. The number of carbonyl (C=O) groups is 1. The number of nitrogens with one attached hydrogen (secondary N) is 1. The van der Waals surface area contributed by atoms with Gasteiger partial charge in [-0.05, 0) is 50.5 Å². The molecule has 92 valence electrons. The first kappa shape index (κ1) is 13.6. The van der Waals surface area contributed by atoms with E-state index in [-0.39, 0.29) is 5.91 Å². The van der Waals surface area contributed by atoms with Gasteiger partial charge >= 0.3 is 0 Å². The lowest BCUT2D eigenvalue weighted by atomic mass is 9.97. The van der Waals surface area contributed by atoms with Gasteiger partial charge in [0.1, 0.15) is 0 Å². The maximum Gasteiger partial charge on any atom is 0.220 e. The first-order chi connectivity index (χ1) is 7.83. The number of rotatable bonds is 7. The van der Waals surface area contributed by atoms with Gasteiger partial charge in [-0.2, -0.15) is 11.8 Å². The molecule has 1 rings (SSSR count). The molecular weight excluding hydrogens is 218 g/mol. The Kier molecular flexibility index (Phi) is 7.39. The number of hydrogen-bond acceptors (Lipinski definition) is 2. The van der Waals surface area contributed by atoms with E-state index in [2.05, 4.69) is 17.6 Å². The maximum absolute atomic E-state index is 11.4. The van der Waals surface area contributed by atoms with E-state index in [0.29, 0.717) is 6.42 Å². The van der Waals surface area contributed by atoms with E-state index in [1.54, 1.807) is 11.8 Å². The Labute approximate surface area is 103 Å². The van der Waals surface area contributed by atoms with Gasteiger partial charge in [0.2, 0.25) is 5.91 Å². The van der Waals surface area contributed by atoms with Crippen molar-refractivity contribution in [2.75, 3.05) is 18.6 Å². The molecule has 0 aliphatic heterocycles. The normalized spacial score (nSPS) is 15.7. The summed E-state index contributed by atoms with van der Waals surface area (Å²) in [5.41, 5.74) is 1.54. The second-order valence-corrected chi connectivity index (χ2v) is 5.29. The summed E-state index contributed by atoms with van der Waals surface area (Å²) in [6, 6.07) is 0. The molecule has 0 fully saturated rings. The molecule has 0 spiro atoms. The van der Waals surface area contributed by atoms with Crippen LogP contribution in [0.1, 0.15) is 44.9 Å². The molecule has 0 heterocycles. The number of allylic oxidation sites excluding steroid dienone is 1. The fourth-order valence-corrected chi connectivity index (χ4v) is 2.39. The van der Waals surface area contributed by atoms with E-state index in [4.69, 9.17) is 0 Å². The topological polar surface area (TPSA) is 29.1 Å². The predicted octanol–water partition coefficient (Wildman–Crippen LogP) is 3.14. The minimum absolute atomic E-state index is 0.213. The zero-order valence-electron chi connectivity index (χ0n) is 10.3. The van der Waals surface area contributed by atoms with E-state index in [1.807, 2.05) is 0 Å². The summed E-state index contributed by atoms with van der Waals surface area (Å²) >= 11 is 1.80. The fourth-order valence-electron chi connectivity index (χ4n) is 1.96. The van der Waals surface area contributed by atoms with Crippen molar-refractivity contribution < 1.29 is 4.79 Å². The summed E-state index contributed by atoms with van der Waals surface area (Å²) in [5.74, 6) is 1.30. The van der Waals surface area contributed by atoms with Crippen molar-refractivity contribution in [3.63, 3.8) is 0 Å². The Morgan fingerprint density at radius 1 is 1.50 bits per heavy atom. The van der Waals surface area contributed by atoms with Gasteiger partial charge in [0.05, 0.1) is 0 Å². The van der Waals surface area contributed by atoms with Crippen LogP contribution in [0, 0.1) is 0 Å². The van der Waals surface area contributed by atoms with Crippen LogP contribution in [0.25, 0.3) is 0 Å². The minimum Gasteiger partial charge on any atom is -0.356 e. The Morgan fingerprint density at radius 2 is 2.38 bits per heavy atom. The van der Waals surface area contributed by atoms with Gasteiger partial charge in [-0.1, -0.05) is 11.6 Å². The zero-order valence-corrected chi connectivity index (χ0v) is 11.1. The molecule has 1 aliphatic carbocycles. The highest BCUT2D eigenvalue weighted by molar-refractivity contribution is 7.98. The van der Waals surface area contributed by atoms with Crippen LogP contribution >= 0.6 is 11.8 Å². The fraction of sp³-hybridized carbons (Fsp3) is 0.769. The lowest BCUT2D eigenvalue weighted by molar-refractivity contribution is -0.121. The lowest BCUT2D eigenvalue weighted by Crippen LogP contribution is -2.24. The van der Waals surface area contributed by atoms with Gasteiger partial charge in [0, 0.05) is 13.0 Å². The van der Waals surface area contributed by atoms with Gasteiger partial charge in [-0.3, -0.25) is 4.79 Å².